The number of methoxy groups -OCH3 is 1. The fraction of sp³-hybridized carbons (Fsp3) is 0.760. The van der Waals surface area contributed by atoms with Crippen molar-refractivity contribution in [1.29, 1.82) is 0 Å². The van der Waals surface area contributed by atoms with Gasteiger partial charge >= 0.3 is 17.9 Å². The van der Waals surface area contributed by atoms with Crippen molar-refractivity contribution in [1.82, 2.24) is 0 Å². The fourth-order valence-corrected chi connectivity index (χ4v) is 7.38. The molecule has 0 aromatic rings. The Morgan fingerprint density at radius 2 is 1.75 bits per heavy atom. The highest BCUT2D eigenvalue weighted by Gasteiger charge is 2.60. The summed E-state index contributed by atoms with van der Waals surface area (Å²) in [6.45, 7) is 2.27. The van der Waals surface area contributed by atoms with Gasteiger partial charge in [0.1, 0.15) is 0 Å². The molecule has 7 atom stereocenters. The van der Waals surface area contributed by atoms with Crippen LogP contribution in [0.15, 0.2) is 11.6 Å². The minimum Gasteiger partial charge on any atom is -0.469 e. The first-order valence-corrected chi connectivity index (χ1v) is 11.9. The van der Waals surface area contributed by atoms with E-state index in [0.29, 0.717) is 30.1 Å². The molecule has 7 heteroatoms. The second-order valence-corrected chi connectivity index (χ2v) is 10.0. The van der Waals surface area contributed by atoms with Gasteiger partial charge in [0.15, 0.2) is 12.2 Å². The van der Waals surface area contributed by atoms with E-state index in [1.807, 2.05) is 0 Å². The zero-order valence-electron chi connectivity index (χ0n) is 19.3. The molecular formula is C25H34O7. The second-order valence-electron chi connectivity index (χ2n) is 10.0. The first kappa shape index (κ1) is 23.0. The Bertz CT molecular complexity index is 830. The van der Waals surface area contributed by atoms with Crippen LogP contribution in [0.2, 0.25) is 0 Å². The number of ketones is 1. The molecule has 0 heterocycles. The van der Waals surface area contributed by atoms with Gasteiger partial charge in [-0.15, -0.1) is 0 Å². The molecule has 0 bridgehead atoms. The minimum atomic E-state index is -1.18. The summed E-state index contributed by atoms with van der Waals surface area (Å²) in [4.78, 5) is 48.4. The molecule has 4 aliphatic carbocycles. The van der Waals surface area contributed by atoms with E-state index in [1.54, 1.807) is 0 Å². The lowest BCUT2D eigenvalue weighted by atomic mass is 9.55. The Hall–Kier alpha value is -2.18. The lowest BCUT2D eigenvalue weighted by Crippen LogP contribution is -2.52. The molecule has 4 aliphatic rings. The van der Waals surface area contributed by atoms with Gasteiger partial charge in [-0.1, -0.05) is 11.6 Å². The Kier molecular flexibility index (Phi) is 6.46. The van der Waals surface area contributed by atoms with E-state index in [4.69, 9.17) is 14.2 Å². The van der Waals surface area contributed by atoms with Gasteiger partial charge in [-0.05, 0) is 75.0 Å². The van der Waals surface area contributed by atoms with Gasteiger partial charge in [0.2, 0.25) is 5.78 Å². The van der Waals surface area contributed by atoms with Crippen molar-refractivity contribution < 1.29 is 33.4 Å². The van der Waals surface area contributed by atoms with Crippen LogP contribution in [-0.2, 0) is 33.4 Å². The van der Waals surface area contributed by atoms with E-state index in [0.717, 1.165) is 44.9 Å². The molecule has 7 nitrogen and oxygen atoms in total. The van der Waals surface area contributed by atoms with Crippen LogP contribution in [0.4, 0.5) is 0 Å². The quantitative estimate of drug-likeness (QED) is 0.363. The number of esters is 3. The van der Waals surface area contributed by atoms with Crippen molar-refractivity contribution in [2.45, 2.75) is 70.8 Å². The lowest BCUT2D eigenvalue weighted by molar-refractivity contribution is -0.176. The number of allylic oxidation sites excluding steroid dienone is 2. The Labute approximate surface area is 189 Å². The predicted molar refractivity (Wildman–Crippen MR) is 114 cm³/mol. The molecule has 0 N–H and O–H groups in total. The molecule has 0 aliphatic heterocycles. The maximum Gasteiger partial charge on any atom is 0.308 e. The maximum absolute atomic E-state index is 13.2. The largest absolute Gasteiger partial charge is 0.469 e. The summed E-state index contributed by atoms with van der Waals surface area (Å²) in [5.41, 5.74) is 0.227. The number of ether oxygens (including phenoxy) is 3. The third-order valence-corrected chi connectivity index (χ3v) is 8.57. The number of hydrogen-bond acceptors (Lipinski definition) is 7. The molecule has 0 aromatic heterocycles. The van der Waals surface area contributed by atoms with Crippen LogP contribution < -0.4 is 0 Å². The van der Waals surface area contributed by atoms with Crippen LogP contribution in [0.5, 0.6) is 0 Å². The van der Waals surface area contributed by atoms with Gasteiger partial charge < -0.3 is 14.2 Å². The summed E-state index contributed by atoms with van der Waals surface area (Å²) in [5.74, 6) is 0.375. The summed E-state index contributed by atoms with van der Waals surface area (Å²) >= 11 is 0. The second kappa shape index (κ2) is 8.99. The molecule has 176 valence electrons. The van der Waals surface area contributed by atoms with E-state index in [2.05, 4.69) is 6.08 Å². The Morgan fingerprint density at radius 3 is 2.44 bits per heavy atom. The number of fused-ring (bicyclic) bond motifs is 5. The third-order valence-electron chi connectivity index (χ3n) is 8.57. The molecule has 4 rings (SSSR count). The van der Waals surface area contributed by atoms with Gasteiger partial charge in [-0.25, -0.2) is 0 Å². The predicted octanol–water partition coefficient (Wildman–Crippen LogP) is 3.39. The van der Waals surface area contributed by atoms with Crippen LogP contribution in [0, 0.1) is 35.5 Å². The monoisotopic (exact) mass is 446 g/mol. The highest BCUT2D eigenvalue weighted by Crippen LogP contribution is 2.60. The fourth-order valence-electron chi connectivity index (χ4n) is 7.38. The van der Waals surface area contributed by atoms with Crippen molar-refractivity contribution in [3.05, 3.63) is 11.6 Å². The molecule has 3 saturated carbocycles. The molecule has 0 aromatic carbocycles. The summed E-state index contributed by atoms with van der Waals surface area (Å²) in [6, 6.07) is 0. The van der Waals surface area contributed by atoms with Crippen LogP contribution in [0.1, 0.15) is 65.2 Å². The van der Waals surface area contributed by atoms with E-state index < -0.39 is 17.5 Å². The first-order chi connectivity index (χ1) is 15.3. The van der Waals surface area contributed by atoms with Crippen molar-refractivity contribution in [3.63, 3.8) is 0 Å². The van der Waals surface area contributed by atoms with Crippen molar-refractivity contribution in [3.8, 4) is 0 Å². The van der Waals surface area contributed by atoms with E-state index in [1.165, 1.54) is 26.5 Å². The lowest BCUT2D eigenvalue weighted by Gasteiger charge is -2.50. The molecule has 0 unspecified atom stereocenters. The van der Waals surface area contributed by atoms with Crippen LogP contribution in [-0.4, -0.2) is 43.0 Å². The molecule has 3 fully saturated rings. The van der Waals surface area contributed by atoms with Crippen LogP contribution in [0.3, 0.4) is 0 Å². The topological polar surface area (TPSA) is 96.0 Å². The van der Waals surface area contributed by atoms with Crippen LogP contribution >= 0.6 is 0 Å². The van der Waals surface area contributed by atoms with Gasteiger partial charge in [0.25, 0.3) is 0 Å². The van der Waals surface area contributed by atoms with Gasteiger partial charge in [0, 0.05) is 19.8 Å². The molecular weight excluding hydrogens is 412 g/mol. The SMILES string of the molecule is COC(=O)[C@@H]1CC[C@@H]2C(=CC[C@@H]3[C@H]2CC[C@@H]2[C@H]3CC[C@@]2(OC(C)=O)C(=O)COC(C)=O)C1. The molecule has 0 radical (unpaired) electrons. The molecule has 0 saturated heterocycles. The van der Waals surface area contributed by atoms with Gasteiger partial charge in [-0.3, -0.25) is 19.2 Å². The number of rotatable bonds is 5. The highest BCUT2D eigenvalue weighted by atomic mass is 16.6. The smallest absolute Gasteiger partial charge is 0.308 e. The number of carbonyl (C=O) groups is 4. The summed E-state index contributed by atoms with van der Waals surface area (Å²) in [5, 5.41) is 0. The summed E-state index contributed by atoms with van der Waals surface area (Å²) in [7, 11) is 1.46. The number of Topliss-reactive ketones (excluding diaryl/α,β-unsaturated/α-hetero) is 1. The minimum absolute atomic E-state index is 0.0302. The summed E-state index contributed by atoms with van der Waals surface area (Å²) in [6.07, 6.45) is 9.09. The summed E-state index contributed by atoms with van der Waals surface area (Å²) < 4.78 is 15.7. The average molecular weight is 447 g/mol. The standard InChI is InChI=1S/C25H34O7/c1-14(26)31-13-23(28)25(32-15(2)27)11-10-21-20-7-4-16-12-17(24(29)30-3)5-6-18(16)19(20)8-9-22(21)25/h4,17-22H,5-13H2,1-3H3/t17-,18-,19+,20-,21+,22-,25+/m1/s1. The molecule has 0 amide bonds. The van der Waals surface area contributed by atoms with Crippen LogP contribution in [0.25, 0.3) is 0 Å². The van der Waals surface area contributed by atoms with Gasteiger partial charge in [0.05, 0.1) is 13.0 Å². The maximum atomic E-state index is 13.2. The molecule has 32 heavy (non-hydrogen) atoms. The third kappa shape index (κ3) is 3.99. The van der Waals surface area contributed by atoms with Crippen molar-refractivity contribution in [2.24, 2.45) is 35.5 Å². The van der Waals surface area contributed by atoms with E-state index in [9.17, 15) is 19.2 Å². The zero-order valence-corrected chi connectivity index (χ0v) is 19.3. The zero-order chi connectivity index (χ0) is 23.0. The highest BCUT2D eigenvalue weighted by molar-refractivity contribution is 5.92. The average Bonchev–Trinajstić information content (AvgIpc) is 3.15. The van der Waals surface area contributed by atoms with Crippen molar-refractivity contribution >= 4 is 23.7 Å². The Morgan fingerprint density at radius 1 is 0.969 bits per heavy atom. The van der Waals surface area contributed by atoms with Crippen molar-refractivity contribution in [2.75, 3.05) is 13.7 Å². The first-order valence-electron chi connectivity index (χ1n) is 11.9. The van der Waals surface area contributed by atoms with E-state index >= 15 is 0 Å². The number of carbonyl (C=O) groups excluding carboxylic acids is 4. The normalized spacial score (nSPS) is 37.8. The number of hydrogen-bond donors (Lipinski definition) is 0. The molecule has 0 spiro atoms. The van der Waals surface area contributed by atoms with Gasteiger partial charge in [-0.2, -0.15) is 0 Å². The van der Waals surface area contributed by atoms with E-state index in [-0.39, 0.29) is 30.2 Å². The Balaban J connectivity index is 1.54.